The quantitative estimate of drug-likeness (QED) is 0.868. The van der Waals surface area contributed by atoms with Crippen LogP contribution in [0.4, 0.5) is 5.69 Å². The maximum absolute atomic E-state index is 12.0. The zero-order valence-electron chi connectivity index (χ0n) is 10.1. The molecule has 19 heavy (non-hydrogen) atoms. The summed E-state index contributed by atoms with van der Waals surface area (Å²) in [5.41, 5.74) is 0.371. The predicted octanol–water partition coefficient (Wildman–Crippen LogP) is 2.27. The molecule has 1 N–H and O–H groups in total. The molecule has 2 heterocycles. The van der Waals surface area contributed by atoms with E-state index in [1.807, 2.05) is 12.3 Å². The highest BCUT2D eigenvalue weighted by molar-refractivity contribution is 9.10. The Morgan fingerprint density at radius 3 is 3.11 bits per heavy atom. The van der Waals surface area contributed by atoms with Gasteiger partial charge in [-0.1, -0.05) is 5.92 Å². The largest absolute Gasteiger partial charge is 0.374 e. The Kier molecular flexibility index (Phi) is 4.35. The van der Waals surface area contributed by atoms with E-state index in [0.29, 0.717) is 10.2 Å². The summed E-state index contributed by atoms with van der Waals surface area (Å²) in [7, 11) is 0. The van der Waals surface area contributed by atoms with Crippen LogP contribution < -0.4 is 10.9 Å². The lowest BCUT2D eigenvalue weighted by atomic mass is 10.3. The van der Waals surface area contributed by atoms with E-state index in [9.17, 15) is 4.79 Å². The molecule has 2 rings (SSSR count). The second-order valence-electron chi connectivity index (χ2n) is 3.78. The van der Waals surface area contributed by atoms with Crippen LogP contribution >= 0.6 is 27.3 Å². The number of terminal acetylenes is 1. The summed E-state index contributed by atoms with van der Waals surface area (Å²) in [6.07, 6.45) is 8.50. The highest BCUT2D eigenvalue weighted by Gasteiger charge is 2.13. The molecule has 0 spiro atoms. The van der Waals surface area contributed by atoms with E-state index in [1.54, 1.807) is 23.7 Å². The van der Waals surface area contributed by atoms with Crippen molar-refractivity contribution in [3.63, 3.8) is 0 Å². The number of hydrogen-bond acceptors (Lipinski definition) is 5. The van der Waals surface area contributed by atoms with Crippen molar-refractivity contribution < 1.29 is 0 Å². The van der Waals surface area contributed by atoms with E-state index in [2.05, 4.69) is 37.2 Å². The molecule has 2 aromatic heterocycles. The number of halogens is 1. The van der Waals surface area contributed by atoms with Crippen LogP contribution in [0.15, 0.2) is 27.0 Å². The van der Waals surface area contributed by atoms with E-state index in [0.717, 1.165) is 5.01 Å². The zero-order valence-corrected chi connectivity index (χ0v) is 12.5. The standard InChI is InChI=1S/C12H11BrN4OS/c1-3-5-17-12(18)10(13)9(7-15-17)16-8(2)11-14-4-6-19-11/h1,4,6-8,16H,5H2,2H3. The van der Waals surface area contributed by atoms with Gasteiger partial charge in [0.15, 0.2) is 0 Å². The van der Waals surface area contributed by atoms with E-state index in [4.69, 9.17) is 6.42 Å². The summed E-state index contributed by atoms with van der Waals surface area (Å²) in [4.78, 5) is 16.2. The molecule has 5 nitrogen and oxygen atoms in total. The maximum atomic E-state index is 12.0. The minimum Gasteiger partial charge on any atom is -0.374 e. The molecule has 0 saturated heterocycles. The van der Waals surface area contributed by atoms with Crippen molar-refractivity contribution in [2.45, 2.75) is 19.5 Å². The van der Waals surface area contributed by atoms with Crippen LogP contribution in [0.25, 0.3) is 0 Å². The van der Waals surface area contributed by atoms with Gasteiger partial charge in [-0.3, -0.25) is 4.79 Å². The molecule has 0 radical (unpaired) electrons. The lowest BCUT2D eigenvalue weighted by Gasteiger charge is -2.14. The van der Waals surface area contributed by atoms with Crippen molar-refractivity contribution in [2.24, 2.45) is 0 Å². The first-order chi connectivity index (χ1) is 9.13. The molecule has 0 aliphatic heterocycles. The molecule has 0 aromatic carbocycles. The smallest absolute Gasteiger partial charge is 0.284 e. The highest BCUT2D eigenvalue weighted by atomic mass is 79.9. The Balaban J connectivity index is 2.25. The second kappa shape index (κ2) is 5.99. The molecule has 7 heteroatoms. The third-order valence-electron chi connectivity index (χ3n) is 2.42. The first-order valence-corrected chi connectivity index (χ1v) is 7.15. The van der Waals surface area contributed by atoms with Crippen molar-refractivity contribution in [2.75, 3.05) is 5.32 Å². The minimum absolute atomic E-state index is 0.000911. The Hall–Kier alpha value is -1.65. The van der Waals surface area contributed by atoms with Crippen molar-refractivity contribution >= 4 is 33.0 Å². The number of anilines is 1. The highest BCUT2D eigenvalue weighted by Crippen LogP contribution is 2.24. The zero-order chi connectivity index (χ0) is 13.8. The average Bonchev–Trinajstić information content (AvgIpc) is 2.92. The van der Waals surface area contributed by atoms with Gasteiger partial charge in [-0.25, -0.2) is 9.67 Å². The predicted molar refractivity (Wildman–Crippen MR) is 79.2 cm³/mol. The Bertz CT molecular complexity index is 659. The Morgan fingerprint density at radius 1 is 1.68 bits per heavy atom. The van der Waals surface area contributed by atoms with Crippen LogP contribution in [-0.2, 0) is 6.54 Å². The normalized spacial score (nSPS) is 11.8. The van der Waals surface area contributed by atoms with E-state index in [1.165, 1.54) is 4.68 Å². The lowest BCUT2D eigenvalue weighted by molar-refractivity contribution is 0.658. The van der Waals surface area contributed by atoms with Crippen molar-refractivity contribution in [3.05, 3.63) is 37.6 Å². The van der Waals surface area contributed by atoms with Crippen LogP contribution in [0, 0.1) is 12.3 Å². The van der Waals surface area contributed by atoms with E-state index >= 15 is 0 Å². The molecule has 0 aliphatic carbocycles. The molecule has 0 aliphatic rings. The minimum atomic E-state index is -0.255. The van der Waals surface area contributed by atoms with E-state index in [-0.39, 0.29) is 18.1 Å². The van der Waals surface area contributed by atoms with Gasteiger partial charge in [-0.05, 0) is 22.9 Å². The molecule has 2 aromatic rings. The third-order valence-corrected chi connectivity index (χ3v) is 4.14. The summed E-state index contributed by atoms with van der Waals surface area (Å²) < 4.78 is 1.64. The monoisotopic (exact) mass is 338 g/mol. The van der Waals surface area contributed by atoms with Crippen LogP contribution in [0.5, 0.6) is 0 Å². The summed E-state index contributed by atoms with van der Waals surface area (Å²) in [5, 5.41) is 10.1. The molecule has 0 bridgehead atoms. The fourth-order valence-corrected chi connectivity index (χ4v) is 2.58. The lowest BCUT2D eigenvalue weighted by Crippen LogP contribution is -2.24. The fraction of sp³-hybridized carbons (Fsp3) is 0.250. The van der Waals surface area contributed by atoms with Gasteiger partial charge in [0, 0.05) is 11.6 Å². The van der Waals surface area contributed by atoms with Gasteiger partial charge in [-0.2, -0.15) is 5.10 Å². The second-order valence-corrected chi connectivity index (χ2v) is 5.49. The summed E-state index contributed by atoms with van der Waals surface area (Å²) in [6.45, 7) is 2.12. The number of thiazole rings is 1. The van der Waals surface area contributed by atoms with Crippen molar-refractivity contribution in [3.8, 4) is 12.3 Å². The molecule has 1 atom stereocenters. The summed E-state index contributed by atoms with van der Waals surface area (Å²) in [5.74, 6) is 2.39. The van der Waals surface area contributed by atoms with Gasteiger partial charge in [0.25, 0.3) is 5.56 Å². The van der Waals surface area contributed by atoms with Crippen molar-refractivity contribution in [1.29, 1.82) is 0 Å². The van der Waals surface area contributed by atoms with Gasteiger partial charge in [-0.15, -0.1) is 17.8 Å². The van der Waals surface area contributed by atoms with Gasteiger partial charge in [0.1, 0.15) is 16.0 Å². The fourth-order valence-electron chi connectivity index (χ4n) is 1.51. The van der Waals surface area contributed by atoms with Crippen LogP contribution in [0.3, 0.4) is 0 Å². The average molecular weight is 339 g/mol. The molecule has 0 saturated carbocycles. The van der Waals surface area contributed by atoms with Gasteiger partial charge in [0.2, 0.25) is 0 Å². The topological polar surface area (TPSA) is 59.8 Å². The molecular formula is C12H11BrN4OS. The molecule has 1 unspecified atom stereocenters. The Labute approximate surface area is 122 Å². The van der Waals surface area contributed by atoms with Crippen LogP contribution in [0.2, 0.25) is 0 Å². The molecule has 0 fully saturated rings. The molecule has 0 amide bonds. The van der Waals surface area contributed by atoms with Gasteiger partial charge < -0.3 is 5.32 Å². The summed E-state index contributed by atoms with van der Waals surface area (Å²) in [6, 6.07) is 0.000911. The van der Waals surface area contributed by atoms with Crippen molar-refractivity contribution in [1.82, 2.24) is 14.8 Å². The number of nitrogens with one attached hydrogen (secondary N) is 1. The molecule has 98 valence electrons. The van der Waals surface area contributed by atoms with E-state index < -0.39 is 0 Å². The molecular weight excluding hydrogens is 328 g/mol. The SMILES string of the molecule is C#CCn1ncc(NC(C)c2nccs2)c(Br)c1=O. The Morgan fingerprint density at radius 2 is 2.47 bits per heavy atom. The first-order valence-electron chi connectivity index (χ1n) is 5.48. The number of nitrogens with zero attached hydrogens (tertiary/aromatic N) is 3. The third kappa shape index (κ3) is 3.03. The number of aromatic nitrogens is 3. The van der Waals surface area contributed by atoms with Crippen LogP contribution in [0.1, 0.15) is 18.0 Å². The summed E-state index contributed by atoms with van der Waals surface area (Å²) >= 11 is 4.82. The van der Waals surface area contributed by atoms with Gasteiger partial charge >= 0.3 is 0 Å². The number of rotatable bonds is 4. The number of hydrogen-bond donors (Lipinski definition) is 1. The van der Waals surface area contributed by atoms with Crippen LogP contribution in [-0.4, -0.2) is 14.8 Å². The first kappa shape index (κ1) is 13.8. The maximum Gasteiger partial charge on any atom is 0.284 e. The van der Waals surface area contributed by atoms with Gasteiger partial charge in [0.05, 0.1) is 17.9 Å².